The molecule has 2 amide bonds. The number of imidazole rings is 1. The van der Waals surface area contributed by atoms with Crippen LogP contribution in [-0.4, -0.2) is 46.4 Å². The third-order valence-electron chi connectivity index (χ3n) is 8.12. The van der Waals surface area contributed by atoms with Gasteiger partial charge in [0.2, 0.25) is 0 Å². The van der Waals surface area contributed by atoms with Gasteiger partial charge in [0.05, 0.1) is 17.3 Å². The number of urea groups is 1. The SMILES string of the molecule is [B]c1cnc2c(c1)C(Cn1ccnc1C)=Cc1cc(Cl)ccc1C2C1CCN(C(=O)Nc2ccc(C#N)cc2)CC1. The van der Waals surface area contributed by atoms with Gasteiger partial charge in [0.1, 0.15) is 13.7 Å². The Morgan fingerprint density at radius 2 is 1.93 bits per heavy atom. The molecule has 1 aliphatic carbocycles. The second-order valence-electron chi connectivity index (χ2n) is 10.7. The number of nitriles is 1. The number of allylic oxidation sites excluding steroid dienone is 1. The van der Waals surface area contributed by atoms with Crippen molar-refractivity contribution in [2.24, 2.45) is 5.92 Å². The molecule has 41 heavy (non-hydrogen) atoms. The number of nitrogens with one attached hydrogen (secondary N) is 1. The van der Waals surface area contributed by atoms with Gasteiger partial charge in [-0.05, 0) is 84.9 Å². The first-order chi connectivity index (χ1) is 19.9. The Balaban J connectivity index is 1.29. The minimum absolute atomic E-state index is 0.0271. The summed E-state index contributed by atoms with van der Waals surface area (Å²) in [6.45, 7) is 3.89. The molecule has 6 rings (SSSR count). The number of fused-ring (bicyclic) bond motifs is 2. The zero-order valence-electron chi connectivity index (χ0n) is 22.7. The van der Waals surface area contributed by atoms with Crippen LogP contribution in [0.3, 0.4) is 0 Å². The molecule has 2 radical (unpaired) electrons. The van der Waals surface area contributed by atoms with Gasteiger partial charge in [-0.15, -0.1) is 0 Å². The summed E-state index contributed by atoms with van der Waals surface area (Å²) in [5, 5.41) is 12.7. The van der Waals surface area contributed by atoms with Crippen LogP contribution < -0.4 is 10.8 Å². The fraction of sp³-hybridized carbons (Fsp3) is 0.250. The normalized spacial score (nSPS) is 16.7. The van der Waals surface area contributed by atoms with E-state index in [9.17, 15) is 4.79 Å². The van der Waals surface area contributed by atoms with Gasteiger partial charge in [-0.1, -0.05) is 29.2 Å². The van der Waals surface area contributed by atoms with E-state index in [2.05, 4.69) is 33.1 Å². The van der Waals surface area contributed by atoms with Gasteiger partial charge in [-0.25, -0.2) is 9.78 Å². The molecule has 0 spiro atoms. The molecule has 0 saturated carbocycles. The average Bonchev–Trinajstić information content (AvgIpc) is 3.33. The van der Waals surface area contributed by atoms with Gasteiger partial charge >= 0.3 is 6.03 Å². The molecule has 2 aliphatic rings. The number of aromatic nitrogens is 3. The topological polar surface area (TPSA) is 86.8 Å². The fourth-order valence-electron chi connectivity index (χ4n) is 5.99. The summed E-state index contributed by atoms with van der Waals surface area (Å²) in [4.78, 5) is 24.3. The molecule has 1 aliphatic heterocycles. The lowest BCUT2D eigenvalue weighted by atomic mass is 9.76. The van der Waals surface area contributed by atoms with Crippen molar-refractivity contribution in [3.8, 4) is 6.07 Å². The molecular formula is C32H28BClN6O. The third-order valence-corrected chi connectivity index (χ3v) is 8.36. The molecule has 1 atom stereocenters. The minimum atomic E-state index is -0.132. The molecule has 7 nitrogen and oxygen atoms in total. The van der Waals surface area contributed by atoms with Gasteiger partial charge in [0, 0.05) is 60.4 Å². The Morgan fingerprint density at radius 3 is 2.63 bits per heavy atom. The molecule has 1 fully saturated rings. The second kappa shape index (κ2) is 11.3. The predicted octanol–water partition coefficient (Wildman–Crippen LogP) is 5.54. The van der Waals surface area contributed by atoms with E-state index in [1.165, 1.54) is 5.56 Å². The van der Waals surface area contributed by atoms with Crippen LogP contribution in [0.1, 0.15) is 52.5 Å². The summed E-state index contributed by atoms with van der Waals surface area (Å²) in [5.74, 6) is 1.23. The number of nitrogens with zero attached hydrogens (tertiary/aromatic N) is 5. The monoisotopic (exact) mass is 558 g/mol. The molecule has 1 saturated heterocycles. The van der Waals surface area contributed by atoms with Crippen LogP contribution in [0.25, 0.3) is 11.6 Å². The van der Waals surface area contributed by atoms with Crippen LogP contribution in [0.2, 0.25) is 5.02 Å². The number of carbonyl (C=O) groups is 1. The van der Waals surface area contributed by atoms with Crippen LogP contribution in [0.15, 0.2) is 67.1 Å². The highest BCUT2D eigenvalue weighted by Crippen LogP contribution is 2.45. The number of amides is 2. The summed E-state index contributed by atoms with van der Waals surface area (Å²) >= 11 is 6.51. The van der Waals surface area contributed by atoms with E-state index < -0.39 is 0 Å². The number of hydrogen-bond donors (Lipinski definition) is 1. The maximum Gasteiger partial charge on any atom is 0.321 e. The lowest BCUT2D eigenvalue weighted by molar-refractivity contribution is 0.177. The van der Waals surface area contributed by atoms with Crippen molar-refractivity contribution in [2.45, 2.75) is 32.2 Å². The van der Waals surface area contributed by atoms with Gasteiger partial charge in [-0.2, -0.15) is 5.26 Å². The fourth-order valence-corrected chi connectivity index (χ4v) is 6.17. The number of halogens is 1. The summed E-state index contributed by atoms with van der Waals surface area (Å²) < 4.78 is 2.12. The van der Waals surface area contributed by atoms with Gasteiger partial charge in [0.25, 0.3) is 0 Å². The van der Waals surface area contributed by atoms with Crippen LogP contribution >= 0.6 is 11.6 Å². The molecule has 1 N–H and O–H groups in total. The van der Waals surface area contributed by atoms with Crippen LogP contribution in [-0.2, 0) is 6.54 Å². The van der Waals surface area contributed by atoms with Crippen molar-refractivity contribution in [3.63, 3.8) is 0 Å². The van der Waals surface area contributed by atoms with E-state index in [1.807, 2.05) is 42.4 Å². The van der Waals surface area contributed by atoms with Crippen LogP contribution in [0, 0.1) is 24.2 Å². The molecule has 3 heterocycles. The first-order valence-electron chi connectivity index (χ1n) is 13.7. The average molecular weight is 559 g/mol. The lowest BCUT2D eigenvalue weighted by Gasteiger charge is -2.37. The van der Waals surface area contributed by atoms with Crippen molar-refractivity contribution < 1.29 is 4.79 Å². The molecule has 9 heteroatoms. The molecule has 202 valence electrons. The van der Waals surface area contributed by atoms with Crippen molar-refractivity contribution >= 4 is 48.3 Å². The number of pyridine rings is 1. The summed E-state index contributed by atoms with van der Waals surface area (Å²) in [6.07, 6.45) is 9.40. The van der Waals surface area contributed by atoms with E-state index in [0.29, 0.717) is 41.4 Å². The molecule has 2 aromatic carbocycles. The van der Waals surface area contributed by atoms with Crippen LogP contribution in [0.5, 0.6) is 0 Å². The Hall–Kier alpha value is -4.35. The van der Waals surface area contributed by atoms with E-state index in [-0.39, 0.29) is 17.9 Å². The number of piperidine rings is 1. The Kier molecular flexibility index (Phi) is 7.38. The number of anilines is 1. The smallest absolute Gasteiger partial charge is 0.321 e. The highest BCUT2D eigenvalue weighted by molar-refractivity contribution is 6.32. The minimum Gasteiger partial charge on any atom is -0.331 e. The Labute approximate surface area is 245 Å². The molecule has 1 unspecified atom stereocenters. The number of aryl methyl sites for hydroxylation is 1. The number of likely N-dealkylation sites (tertiary alicyclic amines) is 1. The van der Waals surface area contributed by atoms with E-state index in [1.54, 1.807) is 30.5 Å². The van der Waals surface area contributed by atoms with E-state index >= 15 is 0 Å². The number of carbonyl (C=O) groups excluding carboxylic acids is 1. The standard InChI is InChI=1S/C32H28BClN6O/c1-20-36-10-13-40(20)19-24-14-23-15-26(34)4-7-28(23)30(31-29(24)16-25(33)18-37-31)22-8-11-39(12-9-22)32(41)38-27-5-2-21(17-35)3-6-27/h2-7,10,13-16,18,22,30H,8-9,11-12,19H2,1H3,(H,38,41). The Bertz CT molecular complexity index is 1680. The first kappa shape index (κ1) is 26.9. The molecule has 4 aromatic rings. The summed E-state index contributed by atoms with van der Waals surface area (Å²) in [7, 11) is 6.29. The van der Waals surface area contributed by atoms with E-state index in [4.69, 9.17) is 29.7 Å². The van der Waals surface area contributed by atoms with E-state index in [0.717, 1.165) is 41.1 Å². The van der Waals surface area contributed by atoms with Gasteiger partial charge in [0.15, 0.2) is 0 Å². The zero-order chi connectivity index (χ0) is 28.5. The number of hydrogen-bond acceptors (Lipinski definition) is 4. The van der Waals surface area contributed by atoms with Gasteiger partial charge < -0.3 is 14.8 Å². The molecule has 2 aromatic heterocycles. The zero-order valence-corrected chi connectivity index (χ0v) is 23.5. The van der Waals surface area contributed by atoms with Crippen molar-refractivity contribution in [1.82, 2.24) is 19.4 Å². The summed E-state index contributed by atoms with van der Waals surface area (Å²) in [6, 6.07) is 17.0. The quantitative estimate of drug-likeness (QED) is 0.334. The lowest BCUT2D eigenvalue weighted by Crippen LogP contribution is -2.42. The van der Waals surface area contributed by atoms with Crippen molar-refractivity contribution in [1.29, 1.82) is 5.26 Å². The van der Waals surface area contributed by atoms with Crippen molar-refractivity contribution in [2.75, 3.05) is 18.4 Å². The molecular weight excluding hydrogens is 531 g/mol. The highest BCUT2D eigenvalue weighted by Gasteiger charge is 2.35. The first-order valence-corrected chi connectivity index (χ1v) is 14.1. The predicted molar refractivity (Wildman–Crippen MR) is 162 cm³/mol. The summed E-state index contributed by atoms with van der Waals surface area (Å²) in [5.41, 5.74) is 7.26. The Morgan fingerprint density at radius 1 is 1.15 bits per heavy atom. The third kappa shape index (κ3) is 5.50. The number of rotatable bonds is 4. The maximum atomic E-state index is 13.0. The highest BCUT2D eigenvalue weighted by atomic mass is 35.5. The van der Waals surface area contributed by atoms with Gasteiger partial charge in [-0.3, -0.25) is 4.98 Å². The van der Waals surface area contributed by atoms with Crippen LogP contribution in [0.4, 0.5) is 10.5 Å². The number of benzene rings is 2. The molecule has 0 bridgehead atoms. The maximum absolute atomic E-state index is 13.0. The van der Waals surface area contributed by atoms with Crippen molar-refractivity contribution in [3.05, 3.63) is 106 Å². The second-order valence-corrected chi connectivity index (χ2v) is 11.1. The largest absolute Gasteiger partial charge is 0.331 e.